The number of likely N-dealkylation sites (N-methyl/N-ethyl adjacent to an activating group) is 1. The number of sulfonamides is 1. The first-order valence-corrected chi connectivity index (χ1v) is 14.4. The van der Waals surface area contributed by atoms with Crippen molar-refractivity contribution in [1.29, 1.82) is 0 Å². The van der Waals surface area contributed by atoms with E-state index in [2.05, 4.69) is 5.32 Å². The van der Waals surface area contributed by atoms with Gasteiger partial charge in [0.2, 0.25) is 11.8 Å². The Hall–Kier alpha value is -3.85. The number of nitrogens with zero attached hydrogens (tertiary/aromatic N) is 2. The van der Waals surface area contributed by atoms with Crippen molar-refractivity contribution in [3.05, 3.63) is 89.5 Å². The average molecular weight is 552 g/mol. The van der Waals surface area contributed by atoms with Gasteiger partial charge in [-0.25, -0.2) is 8.42 Å². The van der Waals surface area contributed by atoms with Gasteiger partial charge in [-0.2, -0.15) is 0 Å². The molecule has 3 aromatic carbocycles. The molecule has 0 spiro atoms. The van der Waals surface area contributed by atoms with E-state index in [1.54, 1.807) is 55.6 Å². The smallest absolute Gasteiger partial charge is 0.264 e. The highest BCUT2D eigenvalue weighted by Crippen LogP contribution is 2.28. The van der Waals surface area contributed by atoms with Gasteiger partial charge in [0.05, 0.1) is 17.7 Å². The zero-order valence-electron chi connectivity index (χ0n) is 23.2. The maximum atomic E-state index is 14.0. The summed E-state index contributed by atoms with van der Waals surface area (Å²) in [5.74, 6) is -0.196. The summed E-state index contributed by atoms with van der Waals surface area (Å²) in [4.78, 5) is 28.4. The topological polar surface area (TPSA) is 96.0 Å². The van der Waals surface area contributed by atoms with E-state index in [4.69, 9.17) is 4.74 Å². The van der Waals surface area contributed by atoms with E-state index in [9.17, 15) is 18.0 Å². The molecule has 0 bridgehead atoms. The van der Waals surface area contributed by atoms with Crippen LogP contribution in [0.5, 0.6) is 5.75 Å². The van der Waals surface area contributed by atoms with Crippen molar-refractivity contribution in [2.45, 2.75) is 51.1 Å². The molecule has 0 unspecified atom stereocenters. The molecular formula is C30H37N3O5S. The number of para-hydroxylation sites is 1. The highest BCUT2D eigenvalue weighted by atomic mass is 32.2. The number of rotatable bonds is 12. The summed E-state index contributed by atoms with van der Waals surface area (Å²) in [5.41, 5.74) is 2.90. The zero-order valence-corrected chi connectivity index (χ0v) is 24.0. The van der Waals surface area contributed by atoms with Gasteiger partial charge in [0.25, 0.3) is 10.0 Å². The first-order valence-electron chi connectivity index (χ1n) is 13.0. The molecule has 0 radical (unpaired) electrons. The van der Waals surface area contributed by atoms with E-state index < -0.39 is 28.5 Å². The number of amides is 2. The molecule has 39 heavy (non-hydrogen) atoms. The molecule has 3 rings (SSSR count). The van der Waals surface area contributed by atoms with Crippen LogP contribution in [0.2, 0.25) is 0 Å². The predicted molar refractivity (Wildman–Crippen MR) is 153 cm³/mol. The monoisotopic (exact) mass is 551 g/mol. The van der Waals surface area contributed by atoms with Gasteiger partial charge in [-0.3, -0.25) is 13.9 Å². The Morgan fingerprint density at radius 2 is 1.67 bits per heavy atom. The van der Waals surface area contributed by atoms with Crippen molar-refractivity contribution in [2.75, 3.05) is 25.0 Å². The Morgan fingerprint density at radius 3 is 2.28 bits per heavy atom. The van der Waals surface area contributed by atoms with Gasteiger partial charge in [0.1, 0.15) is 18.3 Å². The molecule has 0 aliphatic carbocycles. The second-order valence-electron chi connectivity index (χ2n) is 9.22. The van der Waals surface area contributed by atoms with Gasteiger partial charge >= 0.3 is 0 Å². The minimum absolute atomic E-state index is 0.0875. The number of anilines is 1. The normalized spacial score (nSPS) is 11.9. The predicted octanol–water partition coefficient (Wildman–Crippen LogP) is 4.31. The van der Waals surface area contributed by atoms with Crippen LogP contribution in [0, 0.1) is 6.92 Å². The van der Waals surface area contributed by atoms with E-state index in [0.717, 1.165) is 21.0 Å². The van der Waals surface area contributed by atoms with Crippen molar-refractivity contribution in [2.24, 2.45) is 0 Å². The lowest BCUT2D eigenvalue weighted by Crippen LogP contribution is -2.51. The molecule has 0 saturated heterocycles. The second-order valence-corrected chi connectivity index (χ2v) is 11.1. The Labute approximate surface area is 231 Å². The summed E-state index contributed by atoms with van der Waals surface area (Å²) in [6.07, 6.45) is 0.930. The van der Waals surface area contributed by atoms with Crippen molar-refractivity contribution in [1.82, 2.24) is 10.2 Å². The number of methoxy groups -OCH3 is 1. The summed E-state index contributed by atoms with van der Waals surface area (Å²) in [7, 11) is -1.03. The molecule has 2 amide bonds. The van der Waals surface area contributed by atoms with Crippen LogP contribution in [0.1, 0.15) is 37.0 Å². The summed E-state index contributed by atoms with van der Waals surface area (Å²) in [6, 6.07) is 20.2. The molecule has 0 saturated carbocycles. The first-order chi connectivity index (χ1) is 18.7. The molecule has 0 aromatic heterocycles. The fourth-order valence-electron chi connectivity index (χ4n) is 4.46. The van der Waals surface area contributed by atoms with E-state index in [-0.39, 0.29) is 17.3 Å². The number of ether oxygens (including phenoxy) is 1. The summed E-state index contributed by atoms with van der Waals surface area (Å²) >= 11 is 0. The van der Waals surface area contributed by atoms with Crippen molar-refractivity contribution in [3.63, 3.8) is 0 Å². The number of carbonyl (C=O) groups excluding carboxylic acids is 2. The molecule has 0 aliphatic heterocycles. The minimum Gasteiger partial charge on any atom is -0.497 e. The van der Waals surface area contributed by atoms with Crippen LogP contribution in [0.3, 0.4) is 0 Å². The lowest BCUT2D eigenvalue weighted by atomic mass is 10.1. The Morgan fingerprint density at radius 1 is 0.974 bits per heavy atom. The molecule has 208 valence electrons. The van der Waals surface area contributed by atoms with Crippen LogP contribution < -0.4 is 14.4 Å². The molecule has 0 heterocycles. The average Bonchev–Trinajstić information content (AvgIpc) is 2.95. The van der Waals surface area contributed by atoms with Crippen molar-refractivity contribution < 1.29 is 22.7 Å². The Bertz CT molecular complexity index is 1390. The molecule has 1 atom stereocenters. The molecule has 0 aliphatic rings. The Balaban J connectivity index is 2.10. The fourth-order valence-corrected chi connectivity index (χ4v) is 5.91. The van der Waals surface area contributed by atoms with Crippen LogP contribution in [-0.4, -0.2) is 51.9 Å². The zero-order chi connectivity index (χ0) is 28.6. The van der Waals surface area contributed by atoms with Crippen LogP contribution in [0.25, 0.3) is 0 Å². The number of carbonyl (C=O) groups is 2. The lowest BCUT2D eigenvalue weighted by molar-refractivity contribution is -0.140. The quantitative estimate of drug-likeness (QED) is 0.362. The van der Waals surface area contributed by atoms with Crippen LogP contribution in [0.4, 0.5) is 5.69 Å². The molecule has 8 nitrogen and oxygen atoms in total. The third-order valence-electron chi connectivity index (χ3n) is 6.65. The van der Waals surface area contributed by atoms with Gasteiger partial charge in [-0.05, 0) is 61.2 Å². The number of aryl methyl sites for hydroxylation is 2. The number of hydrogen-bond donors (Lipinski definition) is 1. The molecular weight excluding hydrogens is 514 g/mol. The van der Waals surface area contributed by atoms with E-state index in [1.165, 1.54) is 11.9 Å². The van der Waals surface area contributed by atoms with Crippen LogP contribution in [0.15, 0.2) is 77.7 Å². The maximum Gasteiger partial charge on any atom is 0.264 e. The van der Waals surface area contributed by atoms with Crippen molar-refractivity contribution >= 4 is 27.5 Å². The van der Waals surface area contributed by atoms with Crippen LogP contribution in [-0.2, 0) is 32.6 Å². The SMILES string of the molecule is CCc1ccccc1N(CC(=O)N(Cc1cccc(OC)c1)[C@@H](CC)C(=O)NC)S(=O)(=O)c1ccc(C)cc1. The molecule has 1 N–H and O–H groups in total. The molecule has 9 heteroatoms. The van der Waals surface area contributed by atoms with Gasteiger partial charge in [0, 0.05) is 13.6 Å². The minimum atomic E-state index is -4.11. The molecule has 0 fully saturated rings. The van der Waals surface area contributed by atoms with Gasteiger partial charge < -0.3 is 15.0 Å². The summed E-state index contributed by atoms with van der Waals surface area (Å²) < 4.78 is 34.5. The summed E-state index contributed by atoms with van der Waals surface area (Å²) in [6.45, 7) is 5.27. The largest absolute Gasteiger partial charge is 0.497 e. The van der Waals surface area contributed by atoms with Gasteiger partial charge in [0.15, 0.2) is 0 Å². The maximum absolute atomic E-state index is 14.0. The number of benzene rings is 3. The molecule has 3 aromatic rings. The van der Waals surface area contributed by atoms with E-state index in [1.807, 2.05) is 45.0 Å². The van der Waals surface area contributed by atoms with Gasteiger partial charge in [-0.1, -0.05) is 61.9 Å². The third-order valence-corrected chi connectivity index (χ3v) is 8.42. The van der Waals surface area contributed by atoms with Crippen LogP contribution >= 0.6 is 0 Å². The Kier molecular flexibility index (Phi) is 10.1. The number of hydrogen-bond acceptors (Lipinski definition) is 5. The lowest BCUT2D eigenvalue weighted by Gasteiger charge is -2.33. The standard InChI is InChI=1S/C30H37N3O5S/c1-6-24-12-8-9-14-28(24)33(39(36,37)26-17-15-22(3)16-18-26)21-29(34)32(27(7-2)30(35)31-4)20-23-11-10-13-25(19-23)38-5/h8-19,27H,6-7,20-21H2,1-5H3,(H,31,35)/t27-/m0/s1. The highest BCUT2D eigenvalue weighted by Gasteiger charge is 2.34. The third kappa shape index (κ3) is 6.97. The fraction of sp³-hybridized carbons (Fsp3) is 0.333. The first kappa shape index (κ1) is 29.7. The van der Waals surface area contributed by atoms with Gasteiger partial charge in [-0.15, -0.1) is 0 Å². The van der Waals surface area contributed by atoms with Crippen molar-refractivity contribution in [3.8, 4) is 5.75 Å². The summed E-state index contributed by atoms with van der Waals surface area (Å²) in [5, 5.41) is 2.63. The van der Waals surface area contributed by atoms with E-state index >= 15 is 0 Å². The second kappa shape index (κ2) is 13.3. The highest BCUT2D eigenvalue weighted by molar-refractivity contribution is 7.92. The van der Waals surface area contributed by atoms with E-state index in [0.29, 0.717) is 24.3 Å². The number of nitrogens with one attached hydrogen (secondary N) is 1.